The summed E-state index contributed by atoms with van der Waals surface area (Å²) < 4.78 is 5.58. The van der Waals surface area contributed by atoms with Crippen LogP contribution in [0.1, 0.15) is 44.0 Å². The van der Waals surface area contributed by atoms with Gasteiger partial charge < -0.3 is 14.7 Å². The van der Waals surface area contributed by atoms with Gasteiger partial charge >= 0.3 is 5.97 Å². The first-order valence-corrected chi connectivity index (χ1v) is 7.16. The maximum atomic E-state index is 12.6. The fourth-order valence-electron chi connectivity index (χ4n) is 2.64. The summed E-state index contributed by atoms with van der Waals surface area (Å²) in [5, 5.41) is 9.39. The smallest absolute Gasteiger partial charge is 0.329 e. The number of rotatable bonds is 4. The van der Waals surface area contributed by atoms with Crippen LogP contribution in [0.15, 0.2) is 24.3 Å². The predicted octanol–water partition coefficient (Wildman–Crippen LogP) is 2.55. The molecule has 0 radical (unpaired) electrons. The number of ether oxygens (including phenoxy) is 1. The first-order chi connectivity index (χ1) is 9.84. The van der Waals surface area contributed by atoms with Crippen molar-refractivity contribution < 1.29 is 19.4 Å². The second kappa shape index (κ2) is 5.76. The summed E-state index contributed by atoms with van der Waals surface area (Å²) in [4.78, 5) is 25.5. The van der Waals surface area contributed by atoms with Crippen molar-refractivity contribution in [3.05, 3.63) is 29.8 Å². The number of hydrogen-bond donors (Lipinski definition) is 1. The summed E-state index contributed by atoms with van der Waals surface area (Å²) in [7, 11) is 0. The minimum Gasteiger partial charge on any atom is -0.491 e. The Morgan fingerprint density at radius 3 is 2.71 bits per heavy atom. The molecule has 1 heterocycles. The van der Waals surface area contributed by atoms with Crippen molar-refractivity contribution in [1.29, 1.82) is 0 Å². The Morgan fingerprint density at radius 1 is 1.38 bits per heavy atom. The van der Waals surface area contributed by atoms with Crippen LogP contribution in [0.25, 0.3) is 0 Å². The summed E-state index contributed by atoms with van der Waals surface area (Å²) in [5.74, 6) is -0.596. The lowest BCUT2D eigenvalue weighted by molar-refractivity contribution is -0.147. The zero-order valence-electron chi connectivity index (χ0n) is 12.6. The van der Waals surface area contributed by atoms with Crippen molar-refractivity contribution in [3.8, 4) is 5.75 Å². The topological polar surface area (TPSA) is 66.8 Å². The highest BCUT2D eigenvalue weighted by Crippen LogP contribution is 2.31. The largest absolute Gasteiger partial charge is 0.491 e. The maximum absolute atomic E-state index is 12.6. The van der Waals surface area contributed by atoms with Gasteiger partial charge in [-0.2, -0.15) is 0 Å². The van der Waals surface area contributed by atoms with Crippen LogP contribution in [0.4, 0.5) is 0 Å². The molecule has 1 aromatic carbocycles. The average Bonchev–Trinajstić information content (AvgIpc) is 2.81. The highest BCUT2D eigenvalue weighted by molar-refractivity contribution is 5.98. The second-order valence-corrected chi connectivity index (χ2v) is 5.83. The molecule has 0 saturated carbocycles. The Hall–Kier alpha value is -2.04. The third kappa shape index (κ3) is 3.01. The van der Waals surface area contributed by atoms with Crippen molar-refractivity contribution in [2.75, 3.05) is 6.54 Å². The summed E-state index contributed by atoms with van der Waals surface area (Å²) in [6.07, 6.45) is 1.21. The lowest BCUT2D eigenvalue weighted by Gasteiger charge is -2.31. The molecule has 0 aromatic heterocycles. The molecule has 1 atom stereocenters. The minimum absolute atomic E-state index is 0.0198. The first-order valence-electron chi connectivity index (χ1n) is 7.16. The number of carboxylic acids is 1. The van der Waals surface area contributed by atoms with Crippen LogP contribution in [0.5, 0.6) is 5.75 Å². The van der Waals surface area contributed by atoms with Gasteiger partial charge in [0, 0.05) is 12.1 Å². The summed E-state index contributed by atoms with van der Waals surface area (Å²) in [6, 6.07) is 6.90. The van der Waals surface area contributed by atoms with Crippen LogP contribution >= 0.6 is 0 Å². The number of nitrogens with zero attached hydrogens (tertiary/aromatic N) is 1. The average molecular weight is 291 g/mol. The molecule has 1 unspecified atom stereocenters. The summed E-state index contributed by atoms with van der Waals surface area (Å²) in [6.45, 7) is 5.90. The molecule has 5 heteroatoms. The number of benzene rings is 1. The van der Waals surface area contributed by atoms with Gasteiger partial charge in [-0.3, -0.25) is 4.79 Å². The van der Waals surface area contributed by atoms with E-state index in [0.717, 1.165) is 0 Å². The summed E-state index contributed by atoms with van der Waals surface area (Å²) in [5.41, 5.74) is -0.658. The third-order valence-corrected chi connectivity index (χ3v) is 3.80. The normalized spacial score (nSPS) is 21.6. The SMILES string of the molecule is CC(C)Oc1cccc(C(=O)N2CCCC2(C)C(=O)O)c1. The second-order valence-electron chi connectivity index (χ2n) is 5.83. The van der Waals surface area contributed by atoms with Crippen LogP contribution in [0, 0.1) is 0 Å². The van der Waals surface area contributed by atoms with Crippen LogP contribution in [0.3, 0.4) is 0 Å². The van der Waals surface area contributed by atoms with E-state index in [4.69, 9.17) is 4.74 Å². The Kier molecular flexibility index (Phi) is 4.21. The standard InChI is InChI=1S/C16H21NO4/c1-11(2)21-13-7-4-6-12(10-13)14(18)17-9-5-8-16(17,3)15(19)20/h4,6-7,10-11H,5,8-9H2,1-3H3,(H,19,20). The fraction of sp³-hybridized carbons (Fsp3) is 0.500. The molecule has 1 aliphatic rings. The predicted molar refractivity (Wildman–Crippen MR) is 78.5 cm³/mol. The Bertz CT molecular complexity index is 555. The van der Waals surface area contributed by atoms with Crippen LogP contribution in [-0.2, 0) is 4.79 Å². The molecule has 1 amide bonds. The molecule has 1 fully saturated rings. The summed E-state index contributed by atoms with van der Waals surface area (Å²) >= 11 is 0. The van der Waals surface area contributed by atoms with Crippen LogP contribution in [0.2, 0.25) is 0 Å². The van der Waals surface area contributed by atoms with Crippen molar-refractivity contribution in [3.63, 3.8) is 0 Å². The van der Waals surface area contributed by atoms with Crippen molar-refractivity contribution in [2.24, 2.45) is 0 Å². The highest BCUT2D eigenvalue weighted by atomic mass is 16.5. The van der Waals surface area contributed by atoms with E-state index in [1.807, 2.05) is 13.8 Å². The molecule has 1 aliphatic heterocycles. The minimum atomic E-state index is -1.12. The van der Waals surface area contributed by atoms with E-state index >= 15 is 0 Å². The number of hydrogen-bond acceptors (Lipinski definition) is 3. The molecular weight excluding hydrogens is 270 g/mol. The number of carboxylic acid groups (broad SMARTS) is 1. The van der Waals surface area contributed by atoms with Gasteiger partial charge in [-0.15, -0.1) is 0 Å². The van der Waals surface area contributed by atoms with Gasteiger partial charge in [0.2, 0.25) is 0 Å². The van der Waals surface area contributed by atoms with E-state index < -0.39 is 11.5 Å². The van der Waals surface area contributed by atoms with Crippen molar-refractivity contribution >= 4 is 11.9 Å². The van der Waals surface area contributed by atoms with Gasteiger partial charge in [-0.1, -0.05) is 6.07 Å². The molecule has 0 spiro atoms. The lowest BCUT2D eigenvalue weighted by Crippen LogP contribution is -2.50. The number of likely N-dealkylation sites (tertiary alicyclic amines) is 1. The Morgan fingerprint density at radius 2 is 2.10 bits per heavy atom. The lowest BCUT2D eigenvalue weighted by atomic mass is 9.98. The van der Waals surface area contributed by atoms with Gasteiger partial charge in [0.1, 0.15) is 11.3 Å². The van der Waals surface area contributed by atoms with Gasteiger partial charge in [0.25, 0.3) is 5.91 Å². The van der Waals surface area contributed by atoms with Gasteiger partial charge in [0.05, 0.1) is 6.10 Å². The van der Waals surface area contributed by atoms with E-state index in [0.29, 0.717) is 30.7 Å². The third-order valence-electron chi connectivity index (χ3n) is 3.80. The maximum Gasteiger partial charge on any atom is 0.329 e. The van der Waals surface area contributed by atoms with E-state index in [2.05, 4.69) is 0 Å². The first kappa shape index (κ1) is 15.4. The molecular formula is C16H21NO4. The quantitative estimate of drug-likeness (QED) is 0.925. The number of aliphatic carboxylic acids is 1. The van der Waals surface area contributed by atoms with Crippen LogP contribution in [-0.4, -0.2) is 40.1 Å². The number of amides is 1. The monoisotopic (exact) mass is 291 g/mol. The highest BCUT2D eigenvalue weighted by Gasteiger charge is 2.46. The number of carbonyl (C=O) groups excluding carboxylic acids is 1. The van der Waals surface area contributed by atoms with E-state index in [1.54, 1.807) is 31.2 Å². The molecule has 1 aromatic rings. The Labute approximate surface area is 124 Å². The van der Waals surface area contributed by atoms with Crippen molar-refractivity contribution in [2.45, 2.75) is 45.3 Å². The molecule has 1 N–H and O–H groups in total. The van der Waals surface area contributed by atoms with Crippen LogP contribution < -0.4 is 4.74 Å². The Balaban J connectivity index is 2.26. The van der Waals surface area contributed by atoms with E-state index in [1.165, 1.54) is 4.90 Å². The molecule has 0 aliphatic carbocycles. The molecule has 1 saturated heterocycles. The van der Waals surface area contributed by atoms with Crippen molar-refractivity contribution in [1.82, 2.24) is 4.90 Å². The van der Waals surface area contributed by atoms with E-state index in [9.17, 15) is 14.7 Å². The van der Waals surface area contributed by atoms with Gasteiger partial charge in [-0.05, 0) is 51.8 Å². The zero-order valence-corrected chi connectivity index (χ0v) is 12.6. The molecule has 0 bridgehead atoms. The van der Waals surface area contributed by atoms with E-state index in [-0.39, 0.29) is 12.0 Å². The molecule has 114 valence electrons. The zero-order chi connectivity index (χ0) is 15.6. The fourth-order valence-corrected chi connectivity index (χ4v) is 2.64. The molecule has 21 heavy (non-hydrogen) atoms. The molecule has 2 rings (SSSR count). The molecule has 5 nitrogen and oxygen atoms in total. The van der Waals surface area contributed by atoms with Gasteiger partial charge in [-0.25, -0.2) is 4.79 Å². The number of carbonyl (C=O) groups is 2. The van der Waals surface area contributed by atoms with Gasteiger partial charge in [0.15, 0.2) is 0 Å².